The molecule has 3 N–H and O–H groups in total. The minimum absolute atomic E-state index is 0.100. The van der Waals surface area contributed by atoms with Gasteiger partial charge in [-0.15, -0.1) is 0 Å². The Balaban J connectivity index is 2.23. The lowest BCUT2D eigenvalue weighted by Gasteiger charge is -2.33. The van der Waals surface area contributed by atoms with E-state index in [1.807, 2.05) is 0 Å². The number of fused-ring (bicyclic) bond motifs is 1. The third-order valence-corrected chi connectivity index (χ3v) is 4.02. The van der Waals surface area contributed by atoms with Gasteiger partial charge in [0.05, 0.1) is 6.04 Å². The van der Waals surface area contributed by atoms with Gasteiger partial charge in [-0.3, -0.25) is 4.79 Å². The zero-order valence-electron chi connectivity index (χ0n) is 10.1. The maximum absolute atomic E-state index is 12.1. The maximum atomic E-state index is 12.1. The number of carbonyl (C=O) groups excluding carboxylic acids is 1. The highest BCUT2D eigenvalue weighted by atomic mass is 16.4. The van der Waals surface area contributed by atoms with Crippen molar-refractivity contribution in [2.75, 3.05) is 0 Å². The van der Waals surface area contributed by atoms with E-state index < -0.39 is 18.1 Å². The number of carboxylic acids is 1. The summed E-state index contributed by atoms with van der Waals surface area (Å²) in [6.07, 6.45) is 4.78. The average Bonchev–Trinajstić information content (AvgIpc) is 2.67. The zero-order valence-corrected chi connectivity index (χ0v) is 10.1. The molecule has 0 spiro atoms. The molecule has 17 heavy (non-hydrogen) atoms. The Morgan fingerprint density at radius 2 is 2.00 bits per heavy atom. The number of hydrogen-bond acceptors (Lipinski definition) is 3. The molecule has 5 heteroatoms. The molecule has 1 amide bonds. The largest absolute Gasteiger partial charge is 0.480 e. The second-order valence-corrected chi connectivity index (χ2v) is 5.24. The molecule has 0 unspecified atom stereocenters. The van der Waals surface area contributed by atoms with E-state index in [2.05, 4.69) is 0 Å². The fourth-order valence-corrected chi connectivity index (χ4v) is 3.23. The standard InChI is InChI=1S/C12H20N2O3/c1-7(13)11(15)14-9-5-3-2-4-8(9)6-10(14)12(16)17/h7-10H,2-6,13H2,1H3,(H,16,17)/t7-,8-,9-,10+/m0/s1. The first-order valence-electron chi connectivity index (χ1n) is 6.33. The van der Waals surface area contributed by atoms with E-state index in [1.165, 1.54) is 0 Å². The van der Waals surface area contributed by atoms with Gasteiger partial charge in [-0.25, -0.2) is 4.79 Å². The molecule has 1 heterocycles. The lowest BCUT2D eigenvalue weighted by molar-refractivity contribution is -0.150. The highest BCUT2D eigenvalue weighted by Gasteiger charge is 2.47. The Hall–Kier alpha value is -1.10. The molecule has 1 saturated carbocycles. The van der Waals surface area contributed by atoms with Crippen molar-refractivity contribution in [2.24, 2.45) is 11.7 Å². The second-order valence-electron chi connectivity index (χ2n) is 5.24. The molecule has 0 aromatic rings. The molecule has 2 aliphatic rings. The van der Waals surface area contributed by atoms with E-state index in [4.69, 9.17) is 5.73 Å². The number of carbonyl (C=O) groups is 2. The molecule has 1 aliphatic heterocycles. The molecule has 5 nitrogen and oxygen atoms in total. The number of carboxylic acid groups (broad SMARTS) is 1. The molecule has 0 radical (unpaired) electrons. The van der Waals surface area contributed by atoms with Crippen LogP contribution in [0.15, 0.2) is 0 Å². The minimum Gasteiger partial charge on any atom is -0.480 e. The van der Waals surface area contributed by atoms with Crippen LogP contribution in [-0.2, 0) is 9.59 Å². The van der Waals surface area contributed by atoms with E-state index >= 15 is 0 Å². The van der Waals surface area contributed by atoms with Gasteiger partial charge < -0.3 is 15.7 Å². The number of nitrogens with two attached hydrogens (primary N) is 1. The van der Waals surface area contributed by atoms with Crippen molar-refractivity contribution in [1.82, 2.24) is 4.90 Å². The van der Waals surface area contributed by atoms with Crippen molar-refractivity contribution in [3.8, 4) is 0 Å². The Bertz CT molecular complexity index is 330. The normalized spacial score (nSPS) is 34.2. The van der Waals surface area contributed by atoms with Crippen LogP contribution in [0.2, 0.25) is 0 Å². The number of amides is 1. The quantitative estimate of drug-likeness (QED) is 0.739. The Morgan fingerprint density at radius 1 is 1.35 bits per heavy atom. The molecule has 0 aromatic carbocycles. The summed E-state index contributed by atoms with van der Waals surface area (Å²) in [4.78, 5) is 24.9. The van der Waals surface area contributed by atoms with E-state index in [-0.39, 0.29) is 11.9 Å². The monoisotopic (exact) mass is 240 g/mol. The van der Waals surface area contributed by atoms with Crippen LogP contribution in [-0.4, -0.2) is 40.0 Å². The van der Waals surface area contributed by atoms with Crippen LogP contribution in [0.1, 0.15) is 39.0 Å². The average molecular weight is 240 g/mol. The van der Waals surface area contributed by atoms with E-state index in [9.17, 15) is 14.7 Å². The third-order valence-electron chi connectivity index (χ3n) is 4.02. The Kier molecular flexibility index (Phi) is 3.38. The van der Waals surface area contributed by atoms with Gasteiger partial charge in [0.15, 0.2) is 0 Å². The fraction of sp³-hybridized carbons (Fsp3) is 0.833. The summed E-state index contributed by atoms with van der Waals surface area (Å²) >= 11 is 0. The molecule has 2 rings (SSSR count). The third kappa shape index (κ3) is 2.16. The smallest absolute Gasteiger partial charge is 0.326 e. The van der Waals surface area contributed by atoms with Crippen LogP contribution in [0.4, 0.5) is 0 Å². The van der Waals surface area contributed by atoms with Crippen molar-refractivity contribution in [1.29, 1.82) is 0 Å². The van der Waals surface area contributed by atoms with Gasteiger partial charge in [0, 0.05) is 6.04 Å². The van der Waals surface area contributed by atoms with Crippen LogP contribution < -0.4 is 5.73 Å². The van der Waals surface area contributed by atoms with Crippen LogP contribution in [0, 0.1) is 5.92 Å². The molecule has 0 bridgehead atoms. The predicted molar refractivity (Wildman–Crippen MR) is 62.3 cm³/mol. The maximum Gasteiger partial charge on any atom is 0.326 e. The van der Waals surface area contributed by atoms with Crippen LogP contribution in [0.5, 0.6) is 0 Å². The van der Waals surface area contributed by atoms with Gasteiger partial charge >= 0.3 is 5.97 Å². The summed E-state index contributed by atoms with van der Waals surface area (Å²) in [6, 6.07) is -1.18. The summed E-state index contributed by atoms with van der Waals surface area (Å²) in [5.41, 5.74) is 5.62. The van der Waals surface area contributed by atoms with Gasteiger partial charge in [-0.05, 0) is 32.1 Å². The van der Waals surface area contributed by atoms with Gasteiger partial charge in [0.1, 0.15) is 6.04 Å². The predicted octanol–water partition coefficient (Wildman–Crippen LogP) is 0.578. The SMILES string of the molecule is C[C@H](N)C(=O)N1[C@@H](C(=O)O)C[C@@H]2CCCC[C@@H]21. The molecule has 2 fully saturated rings. The number of nitrogens with zero attached hydrogens (tertiary/aromatic N) is 1. The Morgan fingerprint density at radius 3 is 2.59 bits per heavy atom. The molecular weight excluding hydrogens is 220 g/mol. The van der Waals surface area contributed by atoms with Crippen LogP contribution in [0.3, 0.4) is 0 Å². The molecular formula is C12H20N2O3. The Labute approximate surface area is 101 Å². The molecule has 0 aromatic heterocycles. The first-order chi connectivity index (χ1) is 8.02. The summed E-state index contributed by atoms with van der Waals surface area (Å²) in [5, 5.41) is 9.23. The molecule has 1 saturated heterocycles. The first-order valence-corrected chi connectivity index (χ1v) is 6.33. The summed E-state index contributed by atoms with van der Waals surface area (Å²) in [6.45, 7) is 1.62. The van der Waals surface area contributed by atoms with Gasteiger partial charge in [0.25, 0.3) is 0 Å². The van der Waals surface area contributed by atoms with Crippen LogP contribution in [0.25, 0.3) is 0 Å². The number of rotatable bonds is 2. The highest BCUT2D eigenvalue weighted by Crippen LogP contribution is 2.39. The van der Waals surface area contributed by atoms with E-state index in [0.717, 1.165) is 25.7 Å². The molecule has 1 aliphatic carbocycles. The highest BCUT2D eigenvalue weighted by molar-refractivity contribution is 5.87. The lowest BCUT2D eigenvalue weighted by atomic mass is 9.84. The summed E-state index contributed by atoms with van der Waals surface area (Å²) < 4.78 is 0. The minimum atomic E-state index is -0.895. The second kappa shape index (κ2) is 4.64. The van der Waals surface area contributed by atoms with Gasteiger partial charge in [-0.2, -0.15) is 0 Å². The summed E-state index contributed by atoms with van der Waals surface area (Å²) in [5.74, 6) is -0.757. The van der Waals surface area contributed by atoms with Crippen molar-refractivity contribution in [3.05, 3.63) is 0 Å². The number of likely N-dealkylation sites (tertiary alicyclic amines) is 1. The molecule has 4 atom stereocenters. The van der Waals surface area contributed by atoms with Crippen molar-refractivity contribution in [2.45, 2.75) is 57.2 Å². The first kappa shape index (κ1) is 12.4. The summed E-state index contributed by atoms with van der Waals surface area (Å²) in [7, 11) is 0. The van der Waals surface area contributed by atoms with Crippen LogP contribution >= 0.6 is 0 Å². The fourth-order valence-electron chi connectivity index (χ4n) is 3.23. The topological polar surface area (TPSA) is 83.6 Å². The number of hydrogen-bond donors (Lipinski definition) is 2. The molecule has 96 valence electrons. The zero-order chi connectivity index (χ0) is 12.6. The van der Waals surface area contributed by atoms with Crippen molar-refractivity contribution < 1.29 is 14.7 Å². The van der Waals surface area contributed by atoms with Crippen molar-refractivity contribution >= 4 is 11.9 Å². The van der Waals surface area contributed by atoms with Gasteiger partial charge in [-0.1, -0.05) is 12.8 Å². The lowest BCUT2D eigenvalue weighted by Crippen LogP contribution is -2.51. The van der Waals surface area contributed by atoms with E-state index in [1.54, 1.807) is 11.8 Å². The number of aliphatic carboxylic acids is 1. The van der Waals surface area contributed by atoms with E-state index in [0.29, 0.717) is 12.3 Å². The van der Waals surface area contributed by atoms with Crippen molar-refractivity contribution in [3.63, 3.8) is 0 Å². The van der Waals surface area contributed by atoms with Gasteiger partial charge in [0.2, 0.25) is 5.91 Å².